The van der Waals surface area contributed by atoms with Gasteiger partial charge in [0.2, 0.25) is 0 Å². The maximum atomic E-state index is 13.6. The lowest BCUT2D eigenvalue weighted by atomic mass is 10.0. The van der Waals surface area contributed by atoms with Crippen molar-refractivity contribution < 1.29 is 19.6 Å². The monoisotopic (exact) mass is 544 g/mol. The molecule has 11 heteroatoms. The van der Waals surface area contributed by atoms with Gasteiger partial charge in [-0.2, -0.15) is 0 Å². The fourth-order valence-corrected chi connectivity index (χ4v) is 4.36. The predicted octanol–water partition coefficient (Wildman–Crippen LogP) is 5.13. The van der Waals surface area contributed by atoms with E-state index in [4.69, 9.17) is 4.98 Å². The van der Waals surface area contributed by atoms with E-state index in [-0.39, 0.29) is 16.8 Å². The highest BCUT2D eigenvalue weighted by molar-refractivity contribution is 6.01. The van der Waals surface area contributed by atoms with E-state index in [0.717, 1.165) is 11.3 Å². The molecule has 0 saturated carbocycles. The van der Waals surface area contributed by atoms with Crippen LogP contribution in [0.4, 0.5) is 17.2 Å². The van der Waals surface area contributed by atoms with Crippen LogP contribution < -0.4 is 15.5 Å². The van der Waals surface area contributed by atoms with E-state index in [1.807, 2.05) is 64.0 Å². The van der Waals surface area contributed by atoms with E-state index in [1.165, 1.54) is 18.2 Å². The molecule has 1 amide bonds. The van der Waals surface area contributed by atoms with Crippen LogP contribution in [0.5, 0.6) is 0 Å². The van der Waals surface area contributed by atoms with Gasteiger partial charge in [0.05, 0.1) is 22.9 Å². The average molecular weight is 545 g/mol. The molecule has 0 radical (unpaired) electrons. The van der Waals surface area contributed by atoms with Crippen molar-refractivity contribution in [1.29, 1.82) is 0 Å². The number of aromatic nitrogens is 2. The molecule has 4 rings (SSSR count). The highest BCUT2D eigenvalue weighted by Gasteiger charge is 2.25. The molecule has 2 aromatic carbocycles. The Balaban J connectivity index is 1.79. The van der Waals surface area contributed by atoms with E-state index in [9.17, 15) is 24.8 Å². The average Bonchev–Trinajstić information content (AvgIpc) is 3.25. The SMILES string of the molecule is CN(C)c1ccc(-c2nc3c(C(=O)NC(CC(=O)O)c4cccc([N+](=O)[O-])c4)cccn3c2NC(C)(C)C)cc1. The lowest BCUT2D eigenvalue weighted by Gasteiger charge is -2.23. The fraction of sp³-hybridized carbons (Fsp3) is 0.276. The first-order chi connectivity index (χ1) is 18.8. The summed E-state index contributed by atoms with van der Waals surface area (Å²) >= 11 is 0. The fourth-order valence-electron chi connectivity index (χ4n) is 4.36. The van der Waals surface area contributed by atoms with E-state index in [2.05, 4.69) is 10.6 Å². The molecule has 0 aliphatic carbocycles. The van der Waals surface area contributed by atoms with Gasteiger partial charge in [0, 0.05) is 49.2 Å². The lowest BCUT2D eigenvalue weighted by molar-refractivity contribution is -0.384. The summed E-state index contributed by atoms with van der Waals surface area (Å²) in [6.45, 7) is 6.08. The van der Waals surface area contributed by atoms with E-state index < -0.39 is 29.3 Å². The number of carboxylic acids is 1. The van der Waals surface area contributed by atoms with Gasteiger partial charge in [-0.3, -0.25) is 24.1 Å². The van der Waals surface area contributed by atoms with Crippen LogP contribution in [0.1, 0.15) is 49.2 Å². The third-order valence-electron chi connectivity index (χ3n) is 6.21. The first-order valence-corrected chi connectivity index (χ1v) is 12.7. The number of hydrogen-bond acceptors (Lipinski definition) is 7. The van der Waals surface area contributed by atoms with Crippen molar-refractivity contribution in [2.75, 3.05) is 24.3 Å². The molecule has 0 spiro atoms. The second-order valence-electron chi connectivity index (χ2n) is 10.7. The maximum absolute atomic E-state index is 13.6. The molecule has 1 unspecified atom stereocenters. The minimum atomic E-state index is -1.16. The Morgan fingerprint density at radius 2 is 1.80 bits per heavy atom. The third-order valence-corrected chi connectivity index (χ3v) is 6.21. The van der Waals surface area contributed by atoms with E-state index in [1.54, 1.807) is 28.8 Å². The normalized spacial score (nSPS) is 12.1. The van der Waals surface area contributed by atoms with Gasteiger partial charge in [0.15, 0.2) is 5.65 Å². The molecule has 3 N–H and O–H groups in total. The summed E-state index contributed by atoms with van der Waals surface area (Å²) in [5, 5.41) is 27.0. The molecule has 0 bridgehead atoms. The van der Waals surface area contributed by atoms with E-state index in [0.29, 0.717) is 22.7 Å². The number of anilines is 2. The molecular weight excluding hydrogens is 512 g/mol. The number of carbonyl (C=O) groups excluding carboxylic acids is 1. The van der Waals surface area contributed by atoms with Crippen LogP contribution in [-0.2, 0) is 4.79 Å². The molecule has 0 saturated heterocycles. The molecule has 0 aliphatic rings. The van der Waals surface area contributed by atoms with Crippen LogP contribution in [0.3, 0.4) is 0 Å². The number of benzene rings is 2. The van der Waals surface area contributed by atoms with Crippen LogP contribution in [0.25, 0.3) is 16.9 Å². The first kappa shape index (κ1) is 28.1. The van der Waals surface area contributed by atoms with Crippen LogP contribution in [-0.4, -0.2) is 50.9 Å². The van der Waals surface area contributed by atoms with Gasteiger partial charge in [0.1, 0.15) is 11.5 Å². The predicted molar refractivity (Wildman–Crippen MR) is 154 cm³/mol. The lowest BCUT2D eigenvalue weighted by Crippen LogP contribution is -2.30. The van der Waals surface area contributed by atoms with Gasteiger partial charge >= 0.3 is 5.97 Å². The number of non-ortho nitro benzene ring substituents is 1. The second kappa shape index (κ2) is 11.0. The number of nitrogens with one attached hydrogen (secondary N) is 2. The summed E-state index contributed by atoms with van der Waals surface area (Å²) in [5.41, 5.74) is 2.96. The molecule has 208 valence electrons. The first-order valence-electron chi connectivity index (χ1n) is 12.7. The summed E-state index contributed by atoms with van der Waals surface area (Å²) in [7, 11) is 3.92. The Hall–Kier alpha value is -4.93. The third kappa shape index (κ3) is 6.20. The number of carboxylic acid groups (broad SMARTS) is 1. The van der Waals surface area contributed by atoms with Crippen LogP contribution in [0.2, 0.25) is 0 Å². The minimum absolute atomic E-state index is 0.194. The Morgan fingerprint density at radius 3 is 2.40 bits per heavy atom. The zero-order valence-electron chi connectivity index (χ0n) is 23.0. The molecule has 0 fully saturated rings. The number of aliphatic carboxylic acids is 1. The van der Waals surface area contributed by atoms with Gasteiger partial charge in [-0.05, 0) is 50.6 Å². The van der Waals surface area contributed by atoms with Crippen LogP contribution in [0, 0.1) is 10.1 Å². The van der Waals surface area contributed by atoms with Gasteiger partial charge in [-0.15, -0.1) is 0 Å². The summed E-state index contributed by atoms with van der Waals surface area (Å²) < 4.78 is 1.80. The van der Waals surface area contributed by atoms with Crippen LogP contribution in [0.15, 0.2) is 66.9 Å². The topological polar surface area (TPSA) is 142 Å². The maximum Gasteiger partial charge on any atom is 0.305 e. The Morgan fingerprint density at radius 1 is 1.10 bits per heavy atom. The van der Waals surface area contributed by atoms with Crippen molar-refractivity contribution >= 4 is 34.7 Å². The number of rotatable bonds is 9. The highest BCUT2D eigenvalue weighted by atomic mass is 16.6. The second-order valence-corrected chi connectivity index (χ2v) is 10.7. The molecule has 40 heavy (non-hydrogen) atoms. The molecule has 4 aromatic rings. The standard InChI is InChI=1S/C29H32N6O5/c1-29(2,3)32-27-25(18-11-13-20(14-12-18)33(4)5)31-26-22(10-7-15-34(26)27)28(38)30-23(17-24(36)37)19-8-6-9-21(16-19)35(39)40/h6-16,23,32H,17H2,1-5H3,(H,30,38)(H,36,37). The van der Waals surface area contributed by atoms with Crippen molar-refractivity contribution in [2.24, 2.45) is 0 Å². The number of nitro groups is 1. The molecular formula is C29H32N6O5. The van der Waals surface area contributed by atoms with Gasteiger partial charge < -0.3 is 20.6 Å². The smallest absolute Gasteiger partial charge is 0.305 e. The molecule has 2 heterocycles. The Labute approximate surface area is 231 Å². The van der Waals surface area contributed by atoms with E-state index >= 15 is 0 Å². The number of imidazole rings is 1. The van der Waals surface area contributed by atoms with Gasteiger partial charge in [0.25, 0.3) is 11.6 Å². The summed E-state index contributed by atoms with van der Waals surface area (Å²) in [4.78, 5) is 42.8. The van der Waals surface area contributed by atoms with Crippen molar-refractivity contribution in [1.82, 2.24) is 14.7 Å². The van der Waals surface area contributed by atoms with Gasteiger partial charge in [-0.25, -0.2) is 4.98 Å². The van der Waals surface area contributed by atoms with Crippen molar-refractivity contribution in [3.63, 3.8) is 0 Å². The zero-order chi connectivity index (χ0) is 29.2. The summed E-state index contributed by atoms with van der Waals surface area (Å²) in [6, 6.07) is 15.8. The highest BCUT2D eigenvalue weighted by Crippen LogP contribution is 2.33. The molecule has 1 atom stereocenters. The number of fused-ring (bicyclic) bond motifs is 1. The quantitative estimate of drug-likeness (QED) is 0.194. The van der Waals surface area contributed by atoms with Crippen molar-refractivity contribution in [3.05, 3.63) is 88.1 Å². The molecule has 0 aliphatic heterocycles. The number of pyridine rings is 1. The molecule has 2 aromatic heterocycles. The van der Waals surface area contributed by atoms with Crippen molar-refractivity contribution in [3.8, 4) is 11.3 Å². The number of hydrogen-bond donors (Lipinski definition) is 3. The summed E-state index contributed by atoms with van der Waals surface area (Å²) in [5.74, 6) is -1.00. The number of nitro benzene ring substituents is 1. The minimum Gasteiger partial charge on any atom is -0.481 e. The number of carbonyl (C=O) groups is 2. The summed E-state index contributed by atoms with van der Waals surface area (Å²) in [6.07, 6.45) is 1.35. The van der Waals surface area contributed by atoms with Crippen LogP contribution >= 0.6 is 0 Å². The van der Waals surface area contributed by atoms with Gasteiger partial charge in [-0.1, -0.05) is 24.3 Å². The Kier molecular flexibility index (Phi) is 7.76. The molecule has 11 nitrogen and oxygen atoms in total. The number of amides is 1. The van der Waals surface area contributed by atoms with Crippen molar-refractivity contribution in [2.45, 2.75) is 38.8 Å². The Bertz CT molecular complexity index is 1570. The zero-order valence-corrected chi connectivity index (χ0v) is 23.0. The number of nitrogens with zero attached hydrogens (tertiary/aromatic N) is 4. The largest absolute Gasteiger partial charge is 0.481 e.